The van der Waals surface area contributed by atoms with Crippen LogP contribution >= 0.6 is 11.8 Å². The van der Waals surface area contributed by atoms with Gasteiger partial charge in [0.2, 0.25) is 0 Å². The molecule has 0 N–H and O–H groups in total. The quantitative estimate of drug-likeness (QED) is 0.487. The summed E-state index contributed by atoms with van der Waals surface area (Å²) < 4.78 is 0. The molecule has 0 unspecified atom stereocenters. The first-order valence-electron chi connectivity index (χ1n) is 8.52. The molecule has 2 aromatic carbocycles. The molecular weight excluding hydrogens is 312 g/mol. The highest BCUT2D eigenvalue weighted by Crippen LogP contribution is 2.32. The first-order valence-corrected chi connectivity index (χ1v) is 9.50. The fourth-order valence-corrected chi connectivity index (χ4v) is 4.22. The average Bonchev–Trinajstić information content (AvgIpc) is 3.12. The van der Waals surface area contributed by atoms with Gasteiger partial charge in [0, 0.05) is 22.6 Å². The smallest absolute Gasteiger partial charge is 0.160 e. The van der Waals surface area contributed by atoms with Gasteiger partial charge in [-0.2, -0.15) is 0 Å². The zero-order valence-corrected chi connectivity index (χ0v) is 14.4. The van der Waals surface area contributed by atoms with E-state index in [1.807, 2.05) is 30.0 Å². The molecule has 0 bridgehead atoms. The lowest BCUT2D eigenvalue weighted by atomic mass is 10.2. The van der Waals surface area contributed by atoms with Crippen LogP contribution in [0, 0.1) is 0 Å². The van der Waals surface area contributed by atoms with E-state index in [-0.39, 0.29) is 0 Å². The second-order valence-electron chi connectivity index (χ2n) is 6.08. The standard InChI is InChI=1S/C21H20N2S/c1-3-8-16(9-4-1)14-15-24-21-18-12-7-13-19(18)22-20(23-21)17-10-5-2-6-11-17/h1-6,8-11H,7,12-15H2. The molecule has 0 saturated carbocycles. The van der Waals surface area contributed by atoms with Gasteiger partial charge < -0.3 is 0 Å². The van der Waals surface area contributed by atoms with E-state index in [1.54, 1.807) is 0 Å². The molecule has 24 heavy (non-hydrogen) atoms. The van der Waals surface area contributed by atoms with Crippen molar-refractivity contribution in [2.24, 2.45) is 0 Å². The Bertz CT molecular complexity index is 816. The van der Waals surface area contributed by atoms with E-state index < -0.39 is 0 Å². The summed E-state index contributed by atoms with van der Waals surface area (Å²) in [4.78, 5) is 9.72. The Balaban J connectivity index is 1.57. The van der Waals surface area contributed by atoms with Crippen molar-refractivity contribution >= 4 is 11.8 Å². The highest BCUT2D eigenvalue weighted by molar-refractivity contribution is 7.99. The van der Waals surface area contributed by atoms with Crippen LogP contribution in [0.15, 0.2) is 65.7 Å². The summed E-state index contributed by atoms with van der Waals surface area (Å²) in [5.41, 5.74) is 5.13. The lowest BCUT2D eigenvalue weighted by molar-refractivity contribution is 0.896. The van der Waals surface area contributed by atoms with Gasteiger partial charge in [-0.3, -0.25) is 0 Å². The van der Waals surface area contributed by atoms with Crippen molar-refractivity contribution in [1.29, 1.82) is 0 Å². The monoisotopic (exact) mass is 332 g/mol. The van der Waals surface area contributed by atoms with Crippen LogP contribution in [0.1, 0.15) is 23.2 Å². The molecule has 3 heteroatoms. The Kier molecular flexibility index (Phi) is 4.61. The van der Waals surface area contributed by atoms with Gasteiger partial charge in [0.15, 0.2) is 5.82 Å². The highest BCUT2D eigenvalue weighted by atomic mass is 32.2. The van der Waals surface area contributed by atoms with Crippen molar-refractivity contribution in [2.75, 3.05) is 5.75 Å². The van der Waals surface area contributed by atoms with Crippen LogP contribution in [0.3, 0.4) is 0 Å². The van der Waals surface area contributed by atoms with Crippen LogP contribution in [0.2, 0.25) is 0 Å². The van der Waals surface area contributed by atoms with Crippen LogP contribution < -0.4 is 0 Å². The molecule has 0 saturated heterocycles. The maximum absolute atomic E-state index is 4.90. The maximum atomic E-state index is 4.90. The van der Waals surface area contributed by atoms with Gasteiger partial charge in [0.25, 0.3) is 0 Å². The second kappa shape index (κ2) is 7.18. The predicted octanol–water partition coefficient (Wildman–Crippen LogP) is 4.97. The van der Waals surface area contributed by atoms with Crippen LogP contribution in [-0.4, -0.2) is 15.7 Å². The van der Waals surface area contributed by atoms with E-state index in [1.165, 1.54) is 28.3 Å². The number of aromatic nitrogens is 2. The SMILES string of the molecule is c1ccc(CCSc2nc(-c3ccccc3)nc3c2CCC3)cc1. The van der Waals surface area contributed by atoms with Crippen molar-refractivity contribution in [2.45, 2.75) is 30.7 Å². The van der Waals surface area contributed by atoms with Gasteiger partial charge in [-0.1, -0.05) is 60.7 Å². The summed E-state index contributed by atoms with van der Waals surface area (Å²) in [7, 11) is 0. The molecular formula is C21H20N2S. The molecule has 0 amide bonds. The zero-order chi connectivity index (χ0) is 16.2. The first-order chi connectivity index (χ1) is 11.9. The van der Waals surface area contributed by atoms with Gasteiger partial charge in [-0.05, 0) is 31.2 Å². The third kappa shape index (κ3) is 3.36. The minimum Gasteiger partial charge on any atom is -0.233 e. The number of nitrogens with zero attached hydrogens (tertiary/aromatic N) is 2. The number of fused-ring (bicyclic) bond motifs is 1. The molecule has 1 heterocycles. The lowest BCUT2D eigenvalue weighted by Gasteiger charge is -2.10. The van der Waals surface area contributed by atoms with Gasteiger partial charge >= 0.3 is 0 Å². The number of aryl methyl sites for hydroxylation is 2. The Hall–Kier alpha value is -2.13. The Labute approximate surface area is 147 Å². The Morgan fingerprint density at radius 2 is 1.58 bits per heavy atom. The second-order valence-corrected chi connectivity index (χ2v) is 7.16. The molecule has 0 radical (unpaired) electrons. The summed E-state index contributed by atoms with van der Waals surface area (Å²) >= 11 is 1.88. The molecule has 0 atom stereocenters. The van der Waals surface area contributed by atoms with Gasteiger partial charge in [0.1, 0.15) is 5.03 Å². The summed E-state index contributed by atoms with van der Waals surface area (Å²) in [6.07, 6.45) is 4.49. The van der Waals surface area contributed by atoms with Crippen LogP contribution in [0.4, 0.5) is 0 Å². The number of benzene rings is 2. The van der Waals surface area contributed by atoms with Gasteiger partial charge in [-0.15, -0.1) is 11.8 Å². The third-order valence-corrected chi connectivity index (χ3v) is 5.42. The molecule has 3 aromatic rings. The van der Waals surface area contributed by atoms with Crippen LogP contribution in [0.5, 0.6) is 0 Å². The largest absolute Gasteiger partial charge is 0.233 e. The van der Waals surface area contributed by atoms with E-state index in [0.717, 1.165) is 36.4 Å². The molecule has 120 valence electrons. The Morgan fingerprint density at radius 3 is 2.38 bits per heavy atom. The average molecular weight is 332 g/mol. The number of hydrogen-bond acceptors (Lipinski definition) is 3. The molecule has 1 aliphatic rings. The summed E-state index contributed by atoms with van der Waals surface area (Å²) in [6.45, 7) is 0. The molecule has 0 spiro atoms. The predicted molar refractivity (Wildman–Crippen MR) is 100 cm³/mol. The fourth-order valence-electron chi connectivity index (χ4n) is 3.14. The summed E-state index contributed by atoms with van der Waals surface area (Å²) in [5, 5.41) is 1.19. The molecule has 2 nitrogen and oxygen atoms in total. The van der Waals surface area contributed by atoms with Crippen LogP contribution in [-0.2, 0) is 19.3 Å². The molecule has 1 aromatic heterocycles. The van der Waals surface area contributed by atoms with E-state index >= 15 is 0 Å². The van der Waals surface area contributed by atoms with Gasteiger partial charge in [0.05, 0.1) is 0 Å². The van der Waals surface area contributed by atoms with Crippen molar-refractivity contribution in [3.05, 3.63) is 77.5 Å². The molecule has 1 aliphatic carbocycles. The number of thioether (sulfide) groups is 1. The van der Waals surface area contributed by atoms with E-state index in [9.17, 15) is 0 Å². The minimum absolute atomic E-state index is 0.874. The van der Waals surface area contributed by atoms with Gasteiger partial charge in [-0.25, -0.2) is 9.97 Å². The number of hydrogen-bond donors (Lipinski definition) is 0. The Morgan fingerprint density at radius 1 is 0.833 bits per heavy atom. The molecule has 0 aliphatic heterocycles. The normalized spacial score (nSPS) is 13.0. The maximum Gasteiger partial charge on any atom is 0.160 e. The van der Waals surface area contributed by atoms with Crippen LogP contribution in [0.25, 0.3) is 11.4 Å². The zero-order valence-electron chi connectivity index (χ0n) is 13.6. The minimum atomic E-state index is 0.874. The van der Waals surface area contributed by atoms with Crippen molar-refractivity contribution in [3.63, 3.8) is 0 Å². The summed E-state index contributed by atoms with van der Waals surface area (Å²) in [6, 6.07) is 21.0. The summed E-state index contributed by atoms with van der Waals surface area (Å²) in [5.74, 6) is 1.93. The van der Waals surface area contributed by atoms with Crippen molar-refractivity contribution in [1.82, 2.24) is 9.97 Å². The van der Waals surface area contributed by atoms with E-state index in [2.05, 4.69) is 42.5 Å². The molecule has 4 rings (SSSR count). The van der Waals surface area contributed by atoms with Crippen molar-refractivity contribution < 1.29 is 0 Å². The fraction of sp³-hybridized carbons (Fsp3) is 0.238. The van der Waals surface area contributed by atoms with E-state index in [0.29, 0.717) is 0 Å². The third-order valence-electron chi connectivity index (χ3n) is 4.40. The van der Waals surface area contributed by atoms with E-state index in [4.69, 9.17) is 9.97 Å². The topological polar surface area (TPSA) is 25.8 Å². The van der Waals surface area contributed by atoms with Crippen molar-refractivity contribution in [3.8, 4) is 11.4 Å². The first kappa shape index (κ1) is 15.4. The molecule has 0 fully saturated rings. The number of rotatable bonds is 5. The highest BCUT2D eigenvalue weighted by Gasteiger charge is 2.20. The lowest BCUT2D eigenvalue weighted by Crippen LogP contribution is -2.00.